The Labute approximate surface area is 230 Å². The number of amides is 2. The highest BCUT2D eigenvalue weighted by atomic mass is 32.2. The van der Waals surface area contributed by atoms with Gasteiger partial charge in [-0.1, -0.05) is 62.7 Å². The van der Waals surface area contributed by atoms with Crippen molar-refractivity contribution in [2.75, 3.05) is 12.0 Å². The molecule has 4 N–H and O–H groups in total. The van der Waals surface area contributed by atoms with Crippen molar-refractivity contribution >= 4 is 40.4 Å². The molecule has 0 spiro atoms. The van der Waals surface area contributed by atoms with Crippen LogP contribution in [0.2, 0.25) is 0 Å². The number of benzene rings is 2. The lowest BCUT2D eigenvalue weighted by Gasteiger charge is -2.28. The molecule has 0 aliphatic heterocycles. The van der Waals surface area contributed by atoms with E-state index in [0.717, 1.165) is 4.57 Å². The maximum absolute atomic E-state index is 13.8. The minimum atomic E-state index is -1.26. The highest BCUT2D eigenvalue weighted by Crippen LogP contribution is 2.16. The number of carboxylic acid groups (broad SMARTS) is 1. The highest BCUT2D eigenvalue weighted by Gasteiger charge is 2.33. The maximum atomic E-state index is 13.8. The van der Waals surface area contributed by atoms with Gasteiger partial charge in [-0.15, -0.1) is 0 Å². The molecule has 0 aliphatic rings. The van der Waals surface area contributed by atoms with Crippen LogP contribution in [0.1, 0.15) is 38.3 Å². The quantitative estimate of drug-likeness (QED) is 0.253. The van der Waals surface area contributed by atoms with Gasteiger partial charge in [0, 0.05) is 6.42 Å². The second kappa shape index (κ2) is 13.8. The van der Waals surface area contributed by atoms with Crippen molar-refractivity contribution in [1.82, 2.24) is 20.2 Å². The van der Waals surface area contributed by atoms with Gasteiger partial charge in [0.25, 0.3) is 5.56 Å². The number of carboxylic acids is 1. The molecule has 4 atom stereocenters. The average molecular weight is 555 g/mol. The minimum absolute atomic E-state index is 0.0221. The Balaban J connectivity index is 2.00. The fraction of sp³-hybridized carbons (Fsp3) is 0.393. The van der Waals surface area contributed by atoms with Gasteiger partial charge in [0.2, 0.25) is 11.8 Å². The molecular formula is C28H34N4O6S. The normalized spacial score (nSPS) is 14.2. The van der Waals surface area contributed by atoms with Crippen molar-refractivity contribution in [3.63, 3.8) is 0 Å². The monoisotopic (exact) mass is 554 g/mol. The van der Waals surface area contributed by atoms with Crippen LogP contribution in [0.15, 0.2) is 64.2 Å². The second-order valence-electron chi connectivity index (χ2n) is 9.41. The molecule has 208 valence electrons. The summed E-state index contributed by atoms with van der Waals surface area (Å²) in [6.45, 7) is 3.61. The van der Waals surface area contributed by atoms with E-state index in [0.29, 0.717) is 23.3 Å². The van der Waals surface area contributed by atoms with Crippen LogP contribution in [0, 0.1) is 5.92 Å². The third kappa shape index (κ3) is 7.38. The third-order valence-electron chi connectivity index (χ3n) is 6.74. The molecule has 0 saturated carbocycles. The van der Waals surface area contributed by atoms with E-state index >= 15 is 0 Å². The number of rotatable bonds is 13. The van der Waals surface area contributed by atoms with Crippen LogP contribution in [0.5, 0.6) is 0 Å². The number of aromatic nitrogens is 2. The van der Waals surface area contributed by atoms with Crippen molar-refractivity contribution < 1.29 is 19.5 Å². The van der Waals surface area contributed by atoms with Gasteiger partial charge in [-0.25, -0.2) is 14.2 Å². The summed E-state index contributed by atoms with van der Waals surface area (Å²) in [5.74, 6) is -2.32. The Kier molecular flexibility index (Phi) is 10.5. The van der Waals surface area contributed by atoms with Crippen molar-refractivity contribution in [2.24, 2.45) is 5.92 Å². The predicted molar refractivity (Wildman–Crippen MR) is 152 cm³/mol. The SMILES string of the molecule is CCC(C)[C@H](NC(=O)[C@H](Cc1ccccc1)n1c(=O)[nH]c2ccccc2c1=O)C(=O)N[C@H](CCSC)C(=O)O. The van der Waals surface area contributed by atoms with E-state index in [1.807, 2.05) is 19.2 Å². The van der Waals surface area contributed by atoms with Crippen molar-refractivity contribution in [3.8, 4) is 0 Å². The summed E-state index contributed by atoms with van der Waals surface area (Å²) in [6, 6.07) is 12.0. The molecule has 10 nitrogen and oxygen atoms in total. The summed E-state index contributed by atoms with van der Waals surface area (Å²) < 4.78 is 0.884. The van der Waals surface area contributed by atoms with Crippen LogP contribution in [0.4, 0.5) is 0 Å². The highest BCUT2D eigenvalue weighted by molar-refractivity contribution is 7.98. The number of nitrogens with zero attached hydrogens (tertiary/aromatic N) is 1. The molecule has 0 saturated heterocycles. The number of para-hydroxylation sites is 1. The first-order valence-corrected chi connectivity index (χ1v) is 14.2. The van der Waals surface area contributed by atoms with Gasteiger partial charge in [-0.2, -0.15) is 11.8 Å². The number of nitrogens with one attached hydrogen (secondary N) is 3. The van der Waals surface area contributed by atoms with Crippen LogP contribution in [0.25, 0.3) is 10.9 Å². The summed E-state index contributed by atoms with van der Waals surface area (Å²) in [5.41, 5.74) is -0.311. The van der Waals surface area contributed by atoms with Gasteiger partial charge in [-0.3, -0.25) is 14.4 Å². The van der Waals surface area contributed by atoms with Gasteiger partial charge >= 0.3 is 11.7 Å². The molecule has 3 aromatic rings. The molecular weight excluding hydrogens is 520 g/mol. The lowest BCUT2D eigenvalue weighted by molar-refractivity contribution is -0.142. The number of hydrogen-bond acceptors (Lipinski definition) is 6. The number of fused-ring (bicyclic) bond motifs is 1. The predicted octanol–water partition coefficient (Wildman–Crippen LogP) is 2.33. The Morgan fingerprint density at radius 3 is 2.31 bits per heavy atom. The molecule has 2 aromatic carbocycles. The summed E-state index contributed by atoms with van der Waals surface area (Å²) in [5, 5.41) is 15.1. The van der Waals surface area contributed by atoms with E-state index < -0.39 is 47.2 Å². The molecule has 11 heteroatoms. The fourth-order valence-corrected chi connectivity index (χ4v) is 4.78. The third-order valence-corrected chi connectivity index (χ3v) is 7.39. The first kappa shape index (κ1) is 29.7. The summed E-state index contributed by atoms with van der Waals surface area (Å²) >= 11 is 1.46. The molecule has 39 heavy (non-hydrogen) atoms. The van der Waals surface area contributed by atoms with E-state index in [1.165, 1.54) is 11.8 Å². The summed E-state index contributed by atoms with van der Waals surface area (Å²) in [7, 11) is 0. The van der Waals surface area contributed by atoms with Crippen LogP contribution < -0.4 is 21.9 Å². The van der Waals surface area contributed by atoms with E-state index in [2.05, 4.69) is 15.6 Å². The van der Waals surface area contributed by atoms with Crippen molar-refractivity contribution in [3.05, 3.63) is 81.0 Å². The Morgan fingerprint density at radius 2 is 1.67 bits per heavy atom. The minimum Gasteiger partial charge on any atom is -0.480 e. The number of aliphatic carboxylic acids is 1. The molecule has 1 unspecified atom stereocenters. The number of aromatic amines is 1. The zero-order valence-electron chi connectivity index (χ0n) is 22.2. The first-order valence-electron chi connectivity index (χ1n) is 12.8. The molecule has 3 rings (SSSR count). The lowest BCUT2D eigenvalue weighted by Crippen LogP contribution is -2.56. The summed E-state index contributed by atoms with van der Waals surface area (Å²) in [6.07, 6.45) is 2.60. The molecule has 0 aliphatic carbocycles. The maximum Gasteiger partial charge on any atom is 0.329 e. The largest absolute Gasteiger partial charge is 0.480 e. The van der Waals surface area contributed by atoms with Gasteiger partial charge in [0.1, 0.15) is 18.1 Å². The van der Waals surface area contributed by atoms with Gasteiger partial charge in [0.15, 0.2) is 0 Å². The Bertz CT molecular complexity index is 1420. The van der Waals surface area contributed by atoms with Crippen molar-refractivity contribution in [1.29, 1.82) is 0 Å². The second-order valence-corrected chi connectivity index (χ2v) is 10.4. The molecule has 1 aromatic heterocycles. The molecule has 0 radical (unpaired) electrons. The van der Waals surface area contributed by atoms with E-state index in [4.69, 9.17) is 0 Å². The van der Waals surface area contributed by atoms with Gasteiger partial charge in [-0.05, 0) is 42.0 Å². The van der Waals surface area contributed by atoms with Crippen LogP contribution >= 0.6 is 11.8 Å². The zero-order chi connectivity index (χ0) is 28.5. The number of carbonyl (C=O) groups is 3. The Morgan fingerprint density at radius 1 is 1.00 bits per heavy atom. The standard InChI is InChI=1S/C28H34N4O6S/c1-4-17(2)23(25(34)29-21(27(36)37)14-15-39-3)31-24(33)22(16-18-10-6-5-7-11-18)32-26(35)19-12-8-9-13-20(19)30-28(32)38/h5-13,17,21-23H,4,14-16H2,1-3H3,(H,29,34)(H,30,38)(H,31,33)(H,36,37)/t17?,21-,22+,23+/m1/s1. The number of thioether (sulfide) groups is 1. The molecule has 1 heterocycles. The number of hydrogen-bond donors (Lipinski definition) is 4. The Hall–Kier alpha value is -3.86. The average Bonchev–Trinajstić information content (AvgIpc) is 2.93. The van der Waals surface area contributed by atoms with Gasteiger partial charge < -0.3 is 20.7 Å². The number of H-pyrrole nitrogens is 1. The van der Waals surface area contributed by atoms with Crippen molar-refractivity contribution in [2.45, 2.75) is 51.2 Å². The summed E-state index contributed by atoms with van der Waals surface area (Å²) in [4.78, 5) is 68.0. The zero-order valence-corrected chi connectivity index (χ0v) is 23.0. The smallest absolute Gasteiger partial charge is 0.329 e. The topological polar surface area (TPSA) is 150 Å². The number of carbonyl (C=O) groups excluding carboxylic acids is 2. The van der Waals surface area contributed by atoms with E-state index in [1.54, 1.807) is 55.5 Å². The van der Waals surface area contributed by atoms with E-state index in [9.17, 15) is 29.1 Å². The van der Waals surface area contributed by atoms with Crippen LogP contribution in [-0.2, 0) is 20.8 Å². The van der Waals surface area contributed by atoms with Crippen LogP contribution in [0.3, 0.4) is 0 Å². The lowest BCUT2D eigenvalue weighted by atomic mass is 9.96. The molecule has 2 amide bonds. The van der Waals surface area contributed by atoms with E-state index in [-0.39, 0.29) is 24.1 Å². The molecule has 0 fully saturated rings. The molecule has 0 bridgehead atoms. The van der Waals surface area contributed by atoms with Crippen LogP contribution in [-0.4, -0.2) is 56.5 Å². The fourth-order valence-electron chi connectivity index (χ4n) is 4.30. The first-order chi connectivity index (χ1) is 18.7. The van der Waals surface area contributed by atoms with Gasteiger partial charge in [0.05, 0.1) is 10.9 Å².